The molecule has 1 rings (SSSR count). The molecule has 6 heteroatoms. The molecule has 1 aromatic heterocycles. The van der Waals surface area contributed by atoms with Gasteiger partial charge >= 0.3 is 5.97 Å². The van der Waals surface area contributed by atoms with Gasteiger partial charge in [-0.1, -0.05) is 0 Å². The van der Waals surface area contributed by atoms with Crippen molar-refractivity contribution in [3.05, 3.63) is 23.7 Å². The van der Waals surface area contributed by atoms with Crippen LogP contribution < -0.4 is 5.32 Å². The molecule has 2 N–H and O–H groups in total. The smallest absolute Gasteiger partial charge is 0.339 e. The molecule has 6 nitrogen and oxygen atoms in total. The fourth-order valence-corrected chi connectivity index (χ4v) is 1.51. The first-order chi connectivity index (χ1) is 8.54. The summed E-state index contributed by atoms with van der Waals surface area (Å²) in [5.41, 5.74) is 0.0229. The van der Waals surface area contributed by atoms with Gasteiger partial charge in [0.1, 0.15) is 11.3 Å². The summed E-state index contributed by atoms with van der Waals surface area (Å²) >= 11 is 0. The number of hydrogen-bond acceptors (Lipinski definition) is 4. The zero-order chi connectivity index (χ0) is 13.5. The standard InChI is InChI=1S/C12H17NO5/c1-8(3-5-17-2)13-11(14)7-10-9(12(15)16)4-6-18-10/h4,6,8H,3,5,7H2,1-2H3,(H,13,14)(H,15,16). The van der Waals surface area contributed by atoms with Crippen molar-refractivity contribution in [1.82, 2.24) is 5.32 Å². The molecule has 100 valence electrons. The maximum atomic E-state index is 11.7. The Bertz CT molecular complexity index is 412. The van der Waals surface area contributed by atoms with E-state index in [1.165, 1.54) is 12.3 Å². The first-order valence-corrected chi connectivity index (χ1v) is 5.62. The van der Waals surface area contributed by atoms with Crippen molar-refractivity contribution >= 4 is 11.9 Å². The SMILES string of the molecule is COCCC(C)NC(=O)Cc1occc1C(=O)O. The Morgan fingerprint density at radius 2 is 2.28 bits per heavy atom. The lowest BCUT2D eigenvalue weighted by molar-refractivity contribution is -0.121. The van der Waals surface area contributed by atoms with Crippen LogP contribution in [0.1, 0.15) is 29.5 Å². The minimum absolute atomic E-state index is 0.0229. The van der Waals surface area contributed by atoms with E-state index in [-0.39, 0.29) is 29.7 Å². The lowest BCUT2D eigenvalue weighted by Gasteiger charge is -2.12. The van der Waals surface area contributed by atoms with Gasteiger partial charge in [0.2, 0.25) is 5.91 Å². The van der Waals surface area contributed by atoms with E-state index >= 15 is 0 Å². The van der Waals surface area contributed by atoms with Gasteiger partial charge in [-0.15, -0.1) is 0 Å². The molecule has 0 spiro atoms. The summed E-state index contributed by atoms with van der Waals surface area (Å²) < 4.78 is 9.90. The second-order valence-electron chi connectivity index (χ2n) is 3.99. The molecule has 0 aliphatic heterocycles. The highest BCUT2D eigenvalue weighted by Crippen LogP contribution is 2.11. The highest BCUT2D eigenvalue weighted by atomic mass is 16.5. The molecular weight excluding hydrogens is 238 g/mol. The van der Waals surface area contributed by atoms with Crippen molar-refractivity contribution in [3.63, 3.8) is 0 Å². The summed E-state index contributed by atoms with van der Waals surface area (Å²) in [6, 6.07) is 1.31. The number of ether oxygens (including phenoxy) is 1. The topological polar surface area (TPSA) is 88.8 Å². The third kappa shape index (κ3) is 4.21. The molecule has 0 saturated carbocycles. The summed E-state index contributed by atoms with van der Waals surface area (Å²) in [5.74, 6) is -1.20. The van der Waals surface area contributed by atoms with Gasteiger partial charge in [0.05, 0.1) is 12.7 Å². The maximum Gasteiger partial charge on any atom is 0.339 e. The molecule has 1 atom stereocenters. The van der Waals surface area contributed by atoms with E-state index in [0.29, 0.717) is 13.0 Å². The number of carboxylic acids is 1. The second kappa shape index (κ2) is 6.80. The van der Waals surface area contributed by atoms with Crippen molar-refractivity contribution < 1.29 is 23.8 Å². The highest BCUT2D eigenvalue weighted by Gasteiger charge is 2.17. The van der Waals surface area contributed by atoms with Gasteiger partial charge in [-0.05, 0) is 19.4 Å². The normalized spacial score (nSPS) is 12.1. The molecule has 0 aliphatic rings. The summed E-state index contributed by atoms with van der Waals surface area (Å²) in [4.78, 5) is 22.5. The van der Waals surface area contributed by atoms with Gasteiger partial charge in [-0.25, -0.2) is 4.79 Å². The maximum absolute atomic E-state index is 11.7. The van der Waals surface area contributed by atoms with Crippen LogP contribution in [-0.4, -0.2) is 36.7 Å². The second-order valence-corrected chi connectivity index (χ2v) is 3.99. The van der Waals surface area contributed by atoms with Gasteiger partial charge in [-0.3, -0.25) is 4.79 Å². The average molecular weight is 255 g/mol. The molecule has 1 aromatic rings. The summed E-state index contributed by atoms with van der Waals surface area (Å²) in [6.45, 7) is 2.42. The third-order valence-electron chi connectivity index (χ3n) is 2.46. The van der Waals surface area contributed by atoms with E-state index in [0.717, 1.165) is 0 Å². The molecule has 0 fully saturated rings. The average Bonchev–Trinajstić information content (AvgIpc) is 2.74. The lowest BCUT2D eigenvalue weighted by atomic mass is 10.2. The predicted molar refractivity (Wildman–Crippen MR) is 63.5 cm³/mol. The first-order valence-electron chi connectivity index (χ1n) is 5.62. The van der Waals surface area contributed by atoms with Crippen LogP contribution in [0.4, 0.5) is 0 Å². The van der Waals surface area contributed by atoms with E-state index < -0.39 is 5.97 Å². The summed E-state index contributed by atoms with van der Waals surface area (Å²) in [6.07, 6.45) is 1.89. The zero-order valence-electron chi connectivity index (χ0n) is 10.4. The van der Waals surface area contributed by atoms with E-state index in [4.69, 9.17) is 14.3 Å². The Kier molecular flexibility index (Phi) is 5.38. The van der Waals surface area contributed by atoms with Crippen molar-refractivity contribution in [3.8, 4) is 0 Å². The number of furan rings is 1. The van der Waals surface area contributed by atoms with Crippen LogP contribution in [-0.2, 0) is 16.0 Å². The predicted octanol–water partition coefficient (Wildman–Crippen LogP) is 1.06. The van der Waals surface area contributed by atoms with Crippen LogP contribution in [0.25, 0.3) is 0 Å². The molecule has 1 heterocycles. The Hall–Kier alpha value is -1.82. The number of carboxylic acid groups (broad SMARTS) is 1. The summed E-state index contributed by atoms with van der Waals surface area (Å²) in [5, 5.41) is 11.6. The molecule has 1 amide bonds. The van der Waals surface area contributed by atoms with Crippen molar-refractivity contribution in [2.75, 3.05) is 13.7 Å². The molecule has 0 aromatic carbocycles. The minimum Gasteiger partial charge on any atom is -0.478 e. The number of nitrogens with one attached hydrogen (secondary N) is 1. The minimum atomic E-state index is -1.10. The quantitative estimate of drug-likeness (QED) is 0.760. The van der Waals surface area contributed by atoms with E-state index in [1.807, 2.05) is 6.92 Å². The molecule has 1 unspecified atom stereocenters. The van der Waals surface area contributed by atoms with Gasteiger partial charge in [0, 0.05) is 19.8 Å². The number of rotatable bonds is 7. The van der Waals surface area contributed by atoms with Gasteiger partial charge < -0.3 is 19.6 Å². The first kappa shape index (κ1) is 14.2. The van der Waals surface area contributed by atoms with Crippen LogP contribution >= 0.6 is 0 Å². The van der Waals surface area contributed by atoms with Gasteiger partial charge in [0.25, 0.3) is 0 Å². The van der Waals surface area contributed by atoms with Crippen molar-refractivity contribution in [2.24, 2.45) is 0 Å². The van der Waals surface area contributed by atoms with Crippen molar-refractivity contribution in [1.29, 1.82) is 0 Å². The molecule has 18 heavy (non-hydrogen) atoms. The Morgan fingerprint density at radius 3 is 2.89 bits per heavy atom. The molecular formula is C12H17NO5. The monoisotopic (exact) mass is 255 g/mol. The molecule has 0 bridgehead atoms. The number of amides is 1. The van der Waals surface area contributed by atoms with Crippen LogP contribution in [0.5, 0.6) is 0 Å². The largest absolute Gasteiger partial charge is 0.478 e. The van der Waals surface area contributed by atoms with Crippen molar-refractivity contribution in [2.45, 2.75) is 25.8 Å². The van der Waals surface area contributed by atoms with E-state index in [2.05, 4.69) is 5.32 Å². The molecule has 0 radical (unpaired) electrons. The van der Waals surface area contributed by atoms with Crippen LogP contribution in [0.2, 0.25) is 0 Å². The lowest BCUT2D eigenvalue weighted by Crippen LogP contribution is -2.34. The zero-order valence-corrected chi connectivity index (χ0v) is 10.4. The van der Waals surface area contributed by atoms with Crippen LogP contribution in [0.3, 0.4) is 0 Å². The number of aromatic carboxylic acids is 1. The summed E-state index contributed by atoms with van der Waals surface area (Å²) in [7, 11) is 1.59. The number of methoxy groups -OCH3 is 1. The highest BCUT2D eigenvalue weighted by molar-refractivity contribution is 5.90. The Balaban J connectivity index is 2.49. The number of hydrogen-bond donors (Lipinski definition) is 2. The Labute approximate surface area is 105 Å². The van der Waals surface area contributed by atoms with Gasteiger partial charge in [0.15, 0.2) is 0 Å². The van der Waals surface area contributed by atoms with Crippen LogP contribution in [0, 0.1) is 0 Å². The number of carbonyl (C=O) groups excluding carboxylic acids is 1. The fraction of sp³-hybridized carbons (Fsp3) is 0.500. The molecule has 0 aliphatic carbocycles. The van der Waals surface area contributed by atoms with E-state index in [1.54, 1.807) is 7.11 Å². The fourth-order valence-electron chi connectivity index (χ4n) is 1.51. The number of carbonyl (C=O) groups is 2. The van der Waals surface area contributed by atoms with Crippen LogP contribution in [0.15, 0.2) is 16.7 Å². The third-order valence-corrected chi connectivity index (χ3v) is 2.46. The Morgan fingerprint density at radius 1 is 1.56 bits per heavy atom. The van der Waals surface area contributed by atoms with E-state index in [9.17, 15) is 9.59 Å². The molecule has 0 saturated heterocycles. The van der Waals surface area contributed by atoms with Gasteiger partial charge in [-0.2, -0.15) is 0 Å².